The summed E-state index contributed by atoms with van der Waals surface area (Å²) in [4.78, 5) is 0. The molecule has 20 heavy (non-hydrogen) atoms. The van der Waals surface area contributed by atoms with Gasteiger partial charge in [0.25, 0.3) is 5.92 Å². The van der Waals surface area contributed by atoms with Gasteiger partial charge in [-0.15, -0.1) is 0 Å². The molecule has 1 aliphatic rings. The van der Waals surface area contributed by atoms with Crippen molar-refractivity contribution in [1.82, 2.24) is 9.78 Å². The smallest absolute Gasteiger partial charge is 0.253 e. The van der Waals surface area contributed by atoms with E-state index in [2.05, 4.69) is 5.10 Å². The Morgan fingerprint density at radius 1 is 1.25 bits per heavy atom. The zero-order valence-electron chi connectivity index (χ0n) is 10.3. The first-order valence-electron chi connectivity index (χ1n) is 6.00. The molecule has 1 fully saturated rings. The van der Waals surface area contributed by atoms with Gasteiger partial charge in [-0.3, -0.25) is 0 Å². The predicted molar refractivity (Wildman–Crippen MR) is 66.9 cm³/mol. The second kappa shape index (κ2) is 4.30. The van der Waals surface area contributed by atoms with Crippen molar-refractivity contribution in [3.8, 4) is 23.1 Å². The fraction of sp³-hybridized carbons (Fsp3) is 0.214. The van der Waals surface area contributed by atoms with Crippen LogP contribution in [0.15, 0.2) is 30.5 Å². The fourth-order valence-corrected chi connectivity index (χ4v) is 2.20. The highest BCUT2D eigenvalue weighted by Crippen LogP contribution is 2.46. The van der Waals surface area contributed by atoms with Crippen LogP contribution in [-0.4, -0.2) is 20.8 Å². The van der Waals surface area contributed by atoms with E-state index in [1.54, 1.807) is 24.3 Å². The molecule has 0 unspecified atom stereocenters. The standard InChI is InChI=1S/C14H10F2N3O/c15-14(16)5-11(6-14)19-13(20)12(8-18-19)10-3-1-9(7-17)2-4-10/h1-4,8,20H,5-6H2. The van der Waals surface area contributed by atoms with Gasteiger partial charge in [-0.25, -0.2) is 13.5 Å². The summed E-state index contributed by atoms with van der Waals surface area (Å²) in [5.74, 6) is -2.84. The van der Waals surface area contributed by atoms with Crippen LogP contribution in [0.2, 0.25) is 0 Å². The molecule has 6 heteroatoms. The fourth-order valence-electron chi connectivity index (χ4n) is 2.20. The van der Waals surface area contributed by atoms with Crippen LogP contribution < -0.4 is 0 Å². The van der Waals surface area contributed by atoms with E-state index in [0.29, 0.717) is 22.7 Å². The maximum absolute atomic E-state index is 12.8. The van der Waals surface area contributed by atoms with Crippen molar-refractivity contribution < 1.29 is 13.9 Å². The molecule has 1 aromatic heterocycles. The summed E-state index contributed by atoms with van der Waals surface area (Å²) >= 11 is 0. The van der Waals surface area contributed by atoms with E-state index in [-0.39, 0.29) is 18.7 Å². The highest BCUT2D eigenvalue weighted by Gasteiger charge is 2.48. The minimum Gasteiger partial charge on any atom is -0.493 e. The summed E-state index contributed by atoms with van der Waals surface area (Å²) in [6, 6.07) is 9.00. The van der Waals surface area contributed by atoms with Gasteiger partial charge in [0, 0.05) is 12.8 Å². The molecule has 0 aliphatic heterocycles. The molecule has 1 N–H and O–H groups in total. The lowest BCUT2D eigenvalue weighted by Gasteiger charge is -2.33. The third-order valence-corrected chi connectivity index (χ3v) is 3.29. The van der Waals surface area contributed by atoms with Crippen molar-refractivity contribution in [2.45, 2.75) is 18.8 Å². The van der Waals surface area contributed by atoms with Gasteiger partial charge in [0.15, 0.2) is 0 Å². The summed E-state index contributed by atoms with van der Waals surface area (Å²) < 4.78 is 26.8. The molecular weight excluding hydrogens is 264 g/mol. The lowest BCUT2D eigenvalue weighted by Crippen LogP contribution is -2.38. The Balaban J connectivity index is 1.88. The van der Waals surface area contributed by atoms with Crippen molar-refractivity contribution >= 4 is 0 Å². The normalized spacial score (nSPS) is 17.4. The average molecular weight is 274 g/mol. The number of nitriles is 1. The maximum atomic E-state index is 12.8. The van der Waals surface area contributed by atoms with Crippen molar-refractivity contribution in [3.63, 3.8) is 0 Å². The molecule has 1 heterocycles. The highest BCUT2D eigenvalue weighted by atomic mass is 19.3. The quantitative estimate of drug-likeness (QED) is 0.915. The number of nitrogens with zero attached hydrogens (tertiary/aromatic N) is 3. The van der Waals surface area contributed by atoms with Crippen LogP contribution in [0, 0.1) is 17.4 Å². The Morgan fingerprint density at radius 3 is 2.45 bits per heavy atom. The Kier molecular flexibility index (Phi) is 2.71. The van der Waals surface area contributed by atoms with Gasteiger partial charge in [0.2, 0.25) is 5.88 Å². The van der Waals surface area contributed by atoms with Gasteiger partial charge in [-0.1, -0.05) is 12.1 Å². The van der Waals surface area contributed by atoms with Gasteiger partial charge in [0.1, 0.15) is 6.04 Å². The SMILES string of the molecule is N#Cc1ccc(-c2cnn([C]3CC(F)(F)C3)c2O)cc1. The number of alkyl halides is 2. The molecule has 1 radical (unpaired) electrons. The van der Waals surface area contributed by atoms with Crippen LogP contribution in [0.3, 0.4) is 0 Å². The number of hydrogen-bond acceptors (Lipinski definition) is 3. The molecule has 0 amide bonds. The molecule has 0 saturated heterocycles. The Hall–Kier alpha value is -2.42. The van der Waals surface area contributed by atoms with Crippen LogP contribution >= 0.6 is 0 Å². The van der Waals surface area contributed by atoms with E-state index < -0.39 is 5.92 Å². The molecule has 0 spiro atoms. The van der Waals surface area contributed by atoms with Crippen LogP contribution in [0.1, 0.15) is 18.4 Å². The van der Waals surface area contributed by atoms with E-state index in [1.807, 2.05) is 6.07 Å². The Morgan fingerprint density at radius 2 is 1.90 bits per heavy atom. The molecule has 101 valence electrons. The first-order valence-corrected chi connectivity index (χ1v) is 6.00. The summed E-state index contributed by atoms with van der Waals surface area (Å²) in [6.45, 7) is 0. The van der Waals surface area contributed by atoms with E-state index in [9.17, 15) is 13.9 Å². The van der Waals surface area contributed by atoms with Crippen molar-refractivity contribution in [3.05, 3.63) is 42.1 Å². The first-order chi connectivity index (χ1) is 9.50. The molecule has 4 nitrogen and oxygen atoms in total. The predicted octanol–water partition coefficient (Wildman–Crippen LogP) is 2.94. The third kappa shape index (κ3) is 2.01. The monoisotopic (exact) mass is 274 g/mol. The molecule has 3 rings (SSSR count). The van der Waals surface area contributed by atoms with Gasteiger partial charge >= 0.3 is 0 Å². The minimum atomic E-state index is -2.69. The van der Waals surface area contributed by atoms with Crippen molar-refractivity contribution in [1.29, 1.82) is 5.26 Å². The number of aromatic nitrogens is 2. The lowest BCUT2D eigenvalue weighted by atomic mass is 9.88. The van der Waals surface area contributed by atoms with Crippen LogP contribution in [0.5, 0.6) is 5.88 Å². The lowest BCUT2D eigenvalue weighted by molar-refractivity contribution is -0.0633. The largest absolute Gasteiger partial charge is 0.493 e. The van der Waals surface area contributed by atoms with Gasteiger partial charge in [-0.2, -0.15) is 10.4 Å². The maximum Gasteiger partial charge on any atom is 0.253 e. The van der Waals surface area contributed by atoms with Crippen LogP contribution in [-0.2, 0) is 0 Å². The summed E-state index contributed by atoms with van der Waals surface area (Å²) in [5.41, 5.74) is 1.64. The first kappa shape index (κ1) is 12.6. The molecule has 1 saturated carbocycles. The van der Waals surface area contributed by atoms with Crippen LogP contribution in [0.4, 0.5) is 8.78 Å². The third-order valence-electron chi connectivity index (χ3n) is 3.29. The number of rotatable bonds is 2. The number of aromatic hydroxyl groups is 1. The second-order valence-electron chi connectivity index (χ2n) is 4.76. The summed E-state index contributed by atoms with van der Waals surface area (Å²) in [5, 5.41) is 22.8. The Bertz CT molecular complexity index is 677. The van der Waals surface area contributed by atoms with E-state index in [4.69, 9.17) is 5.26 Å². The van der Waals surface area contributed by atoms with Gasteiger partial charge in [-0.05, 0) is 17.7 Å². The van der Waals surface area contributed by atoms with Crippen LogP contribution in [0.25, 0.3) is 11.1 Å². The second-order valence-corrected chi connectivity index (χ2v) is 4.76. The number of hydrogen-bond donors (Lipinski definition) is 1. The van der Waals surface area contributed by atoms with E-state index in [0.717, 1.165) is 4.68 Å². The van der Waals surface area contributed by atoms with Crippen molar-refractivity contribution in [2.75, 3.05) is 0 Å². The summed E-state index contributed by atoms with van der Waals surface area (Å²) in [6.07, 6.45) is 0.671. The van der Waals surface area contributed by atoms with Gasteiger partial charge < -0.3 is 5.11 Å². The minimum absolute atomic E-state index is 0.153. The van der Waals surface area contributed by atoms with Crippen molar-refractivity contribution in [2.24, 2.45) is 0 Å². The summed E-state index contributed by atoms with van der Waals surface area (Å²) in [7, 11) is 0. The molecular formula is C14H10F2N3O. The molecule has 0 atom stereocenters. The number of benzene rings is 1. The molecule has 1 aliphatic carbocycles. The zero-order chi connectivity index (χ0) is 14.3. The molecule has 2 aromatic rings. The highest BCUT2D eigenvalue weighted by molar-refractivity contribution is 5.68. The molecule has 1 aromatic carbocycles. The zero-order valence-corrected chi connectivity index (χ0v) is 10.3. The Labute approximate surface area is 113 Å². The van der Waals surface area contributed by atoms with E-state index >= 15 is 0 Å². The van der Waals surface area contributed by atoms with Gasteiger partial charge in [0.05, 0.1) is 23.4 Å². The number of halogens is 2. The average Bonchev–Trinajstić information content (AvgIpc) is 2.78. The topological polar surface area (TPSA) is 61.8 Å². The molecule has 0 bridgehead atoms. The van der Waals surface area contributed by atoms with E-state index in [1.165, 1.54) is 6.20 Å².